The molecule has 0 bridgehead atoms. The topological polar surface area (TPSA) is 4.93 Å². The number of para-hydroxylation sites is 1. The van der Waals surface area contributed by atoms with E-state index in [2.05, 4.69) is 108 Å². The molecule has 0 radical (unpaired) electrons. The molecule has 1 aromatic heterocycles. The van der Waals surface area contributed by atoms with Crippen molar-refractivity contribution in [3.05, 3.63) is 114 Å². The molecule has 0 N–H and O–H groups in total. The predicted molar refractivity (Wildman–Crippen MR) is 102 cm³/mol. The summed E-state index contributed by atoms with van der Waals surface area (Å²) < 4.78 is 2.34. The number of benzene rings is 3. The molecule has 0 aliphatic rings. The summed E-state index contributed by atoms with van der Waals surface area (Å²) in [6.07, 6.45) is 6.65. The van der Waals surface area contributed by atoms with Crippen LogP contribution in [0.5, 0.6) is 0 Å². The summed E-state index contributed by atoms with van der Waals surface area (Å²) in [6, 6.07) is 32.0. The highest BCUT2D eigenvalue weighted by Crippen LogP contribution is 2.27. The van der Waals surface area contributed by atoms with Gasteiger partial charge in [0.05, 0.1) is 6.04 Å². The fourth-order valence-electron chi connectivity index (χ4n) is 3.13. The van der Waals surface area contributed by atoms with E-state index in [1.54, 1.807) is 0 Å². The van der Waals surface area contributed by atoms with Gasteiger partial charge in [-0.1, -0.05) is 91.0 Å². The number of nitrogens with zero attached hydrogens (tertiary/aromatic N) is 1. The van der Waals surface area contributed by atoms with Crippen molar-refractivity contribution in [3.8, 4) is 0 Å². The Morgan fingerprint density at radius 1 is 0.667 bits per heavy atom. The molecule has 0 amide bonds. The number of allylic oxidation sites excluding steroid dienone is 1. The second-order valence-corrected chi connectivity index (χ2v) is 5.91. The molecule has 4 aromatic rings. The van der Waals surface area contributed by atoms with E-state index in [0.717, 1.165) is 0 Å². The molecule has 0 aliphatic carbocycles. The molecule has 0 aliphatic heterocycles. The normalized spacial score (nSPS) is 12.7. The van der Waals surface area contributed by atoms with E-state index < -0.39 is 0 Å². The zero-order valence-corrected chi connectivity index (χ0v) is 13.4. The molecule has 0 fully saturated rings. The van der Waals surface area contributed by atoms with E-state index in [4.69, 9.17) is 0 Å². The van der Waals surface area contributed by atoms with Crippen molar-refractivity contribution >= 4 is 17.0 Å². The van der Waals surface area contributed by atoms with E-state index in [9.17, 15) is 0 Å². The number of fused-ring (bicyclic) bond motifs is 1. The summed E-state index contributed by atoms with van der Waals surface area (Å²) in [5.74, 6) is 0. The van der Waals surface area contributed by atoms with Gasteiger partial charge >= 0.3 is 0 Å². The highest BCUT2D eigenvalue weighted by atomic mass is 15.0. The van der Waals surface area contributed by atoms with Crippen LogP contribution in [0, 0.1) is 0 Å². The van der Waals surface area contributed by atoms with Gasteiger partial charge in [-0.15, -0.1) is 0 Å². The summed E-state index contributed by atoms with van der Waals surface area (Å²) >= 11 is 0. The lowest BCUT2D eigenvalue weighted by Gasteiger charge is -2.17. The Morgan fingerprint density at radius 3 is 2.12 bits per heavy atom. The molecule has 1 atom stereocenters. The molecule has 0 spiro atoms. The average molecular weight is 309 g/mol. The Morgan fingerprint density at radius 2 is 1.33 bits per heavy atom. The molecule has 1 nitrogen and oxygen atoms in total. The van der Waals surface area contributed by atoms with Crippen LogP contribution in [0.3, 0.4) is 0 Å². The molecule has 24 heavy (non-hydrogen) atoms. The molecule has 4 rings (SSSR count). The first-order chi connectivity index (χ1) is 11.9. The van der Waals surface area contributed by atoms with Gasteiger partial charge in [-0.2, -0.15) is 0 Å². The monoisotopic (exact) mass is 309 g/mol. The quantitative estimate of drug-likeness (QED) is 0.439. The first kappa shape index (κ1) is 14.5. The second kappa shape index (κ2) is 6.59. The highest BCUT2D eigenvalue weighted by Gasteiger charge is 2.12. The standard InChI is InChI=1S/C23H19N/c1-3-9-19(10-4-1)15-16-23(20-11-5-2-6-12-20)24-18-17-21-13-7-8-14-22(21)24/h1-18,23H/b16-15+/t23-/m0/s1. The molecule has 0 saturated carbocycles. The zero-order valence-electron chi connectivity index (χ0n) is 13.4. The molecule has 0 unspecified atom stereocenters. The van der Waals surface area contributed by atoms with Crippen molar-refractivity contribution in [1.82, 2.24) is 4.57 Å². The fraction of sp³-hybridized carbons (Fsp3) is 0.0435. The van der Waals surface area contributed by atoms with Gasteiger partial charge in [0, 0.05) is 11.7 Å². The molecule has 0 saturated heterocycles. The third-order valence-electron chi connectivity index (χ3n) is 4.34. The van der Waals surface area contributed by atoms with Gasteiger partial charge in [-0.3, -0.25) is 0 Å². The lowest BCUT2D eigenvalue weighted by molar-refractivity contribution is 0.732. The van der Waals surface area contributed by atoms with Crippen LogP contribution in [0.25, 0.3) is 17.0 Å². The van der Waals surface area contributed by atoms with Crippen molar-refractivity contribution in [1.29, 1.82) is 0 Å². The van der Waals surface area contributed by atoms with Crippen molar-refractivity contribution in [3.63, 3.8) is 0 Å². The Bertz CT molecular complexity index is 949. The van der Waals surface area contributed by atoms with Crippen molar-refractivity contribution in [2.45, 2.75) is 6.04 Å². The van der Waals surface area contributed by atoms with Gasteiger partial charge in [0.25, 0.3) is 0 Å². The Balaban J connectivity index is 1.80. The van der Waals surface area contributed by atoms with Crippen LogP contribution < -0.4 is 0 Å². The van der Waals surface area contributed by atoms with Crippen LogP contribution in [0.1, 0.15) is 17.2 Å². The van der Waals surface area contributed by atoms with E-state index in [1.807, 2.05) is 6.07 Å². The van der Waals surface area contributed by atoms with E-state index in [1.165, 1.54) is 22.0 Å². The molecule has 1 heterocycles. The first-order valence-electron chi connectivity index (χ1n) is 8.25. The van der Waals surface area contributed by atoms with E-state index >= 15 is 0 Å². The smallest absolute Gasteiger partial charge is 0.0773 e. The summed E-state index contributed by atoms with van der Waals surface area (Å²) in [5.41, 5.74) is 3.75. The zero-order chi connectivity index (χ0) is 16.2. The van der Waals surface area contributed by atoms with Gasteiger partial charge in [-0.25, -0.2) is 0 Å². The minimum absolute atomic E-state index is 0.173. The average Bonchev–Trinajstić information content (AvgIpc) is 3.08. The number of hydrogen-bond acceptors (Lipinski definition) is 0. The first-order valence-corrected chi connectivity index (χ1v) is 8.25. The summed E-state index contributed by atoms with van der Waals surface area (Å²) in [6.45, 7) is 0. The Hall–Kier alpha value is -3.06. The van der Waals surface area contributed by atoms with Crippen LogP contribution in [0.2, 0.25) is 0 Å². The van der Waals surface area contributed by atoms with Crippen LogP contribution in [-0.4, -0.2) is 4.57 Å². The van der Waals surface area contributed by atoms with Crippen LogP contribution in [0.4, 0.5) is 0 Å². The lowest BCUT2D eigenvalue weighted by atomic mass is 10.0. The van der Waals surface area contributed by atoms with Gasteiger partial charge in [-0.05, 0) is 28.6 Å². The number of hydrogen-bond donors (Lipinski definition) is 0. The van der Waals surface area contributed by atoms with E-state index in [0.29, 0.717) is 0 Å². The third kappa shape index (κ3) is 2.89. The van der Waals surface area contributed by atoms with Crippen molar-refractivity contribution in [2.24, 2.45) is 0 Å². The molecular weight excluding hydrogens is 290 g/mol. The predicted octanol–water partition coefficient (Wildman–Crippen LogP) is 5.94. The van der Waals surface area contributed by atoms with Gasteiger partial charge in [0.15, 0.2) is 0 Å². The van der Waals surface area contributed by atoms with Crippen LogP contribution in [0.15, 0.2) is 103 Å². The summed E-state index contributed by atoms with van der Waals surface area (Å²) in [4.78, 5) is 0. The minimum atomic E-state index is 0.173. The lowest BCUT2D eigenvalue weighted by Crippen LogP contribution is -2.06. The molecule has 3 aromatic carbocycles. The van der Waals surface area contributed by atoms with Crippen molar-refractivity contribution in [2.75, 3.05) is 0 Å². The maximum atomic E-state index is 2.34. The second-order valence-electron chi connectivity index (χ2n) is 5.91. The summed E-state index contributed by atoms with van der Waals surface area (Å²) in [5, 5.41) is 1.27. The highest BCUT2D eigenvalue weighted by molar-refractivity contribution is 5.80. The largest absolute Gasteiger partial charge is 0.336 e. The van der Waals surface area contributed by atoms with Gasteiger partial charge in [0.2, 0.25) is 0 Å². The molecule has 116 valence electrons. The Labute approximate surface area is 142 Å². The van der Waals surface area contributed by atoms with Crippen LogP contribution in [-0.2, 0) is 0 Å². The van der Waals surface area contributed by atoms with Gasteiger partial charge in [0.1, 0.15) is 0 Å². The number of rotatable bonds is 4. The molecule has 1 heteroatoms. The minimum Gasteiger partial charge on any atom is -0.336 e. The maximum Gasteiger partial charge on any atom is 0.0773 e. The van der Waals surface area contributed by atoms with Crippen molar-refractivity contribution < 1.29 is 0 Å². The Kier molecular flexibility index (Phi) is 3.99. The van der Waals surface area contributed by atoms with Gasteiger partial charge < -0.3 is 4.57 Å². The summed E-state index contributed by atoms with van der Waals surface area (Å²) in [7, 11) is 0. The van der Waals surface area contributed by atoms with Crippen LogP contribution >= 0.6 is 0 Å². The maximum absolute atomic E-state index is 2.34. The fourth-order valence-corrected chi connectivity index (χ4v) is 3.13. The van der Waals surface area contributed by atoms with E-state index in [-0.39, 0.29) is 6.04 Å². The number of aromatic nitrogens is 1. The third-order valence-corrected chi connectivity index (χ3v) is 4.34. The molecular formula is C23H19N. The SMILES string of the molecule is C(=C\[C@@H](c1ccccc1)n1ccc2ccccc21)/c1ccccc1.